The first kappa shape index (κ1) is 20.5. The number of carbonyl (C=O) groups excluding carboxylic acids is 1. The Bertz CT molecular complexity index is 1210. The molecule has 0 spiro atoms. The standard InChI is InChI=1S/C24H25N5O2S/c1-31-19-5-2-4-17(14-19)16-26-24(30)18-7-10-28(11-8-18)23-21-15-20(22-6-3-13-32-22)27-29(21)12-9-25-23/h2-6,9,12-15,18H,7-8,10-11,16H2,1H3,(H,26,30). The Hall–Kier alpha value is -3.39. The Kier molecular flexibility index (Phi) is 5.77. The number of carbonyl (C=O) groups is 1. The van der Waals surface area contributed by atoms with E-state index in [1.807, 2.05) is 41.0 Å². The Morgan fingerprint density at radius 3 is 2.88 bits per heavy atom. The highest BCUT2D eigenvalue weighted by Gasteiger charge is 2.26. The molecule has 0 saturated carbocycles. The van der Waals surface area contributed by atoms with Crippen molar-refractivity contribution in [3.63, 3.8) is 0 Å². The number of ether oxygens (including phenoxy) is 1. The van der Waals surface area contributed by atoms with Crippen LogP contribution in [0.15, 0.2) is 60.2 Å². The second-order valence-corrected chi connectivity index (χ2v) is 8.87. The van der Waals surface area contributed by atoms with Crippen LogP contribution >= 0.6 is 11.3 Å². The largest absolute Gasteiger partial charge is 0.497 e. The van der Waals surface area contributed by atoms with Crippen LogP contribution in [0.4, 0.5) is 5.82 Å². The molecule has 1 saturated heterocycles. The molecule has 0 unspecified atom stereocenters. The lowest BCUT2D eigenvalue weighted by atomic mass is 9.95. The van der Waals surface area contributed by atoms with Crippen molar-refractivity contribution in [3.05, 3.63) is 65.8 Å². The molecule has 0 radical (unpaired) electrons. The van der Waals surface area contributed by atoms with E-state index < -0.39 is 0 Å². The van der Waals surface area contributed by atoms with Gasteiger partial charge in [0.1, 0.15) is 17.0 Å². The van der Waals surface area contributed by atoms with Crippen molar-refractivity contribution >= 4 is 28.6 Å². The number of fused-ring (bicyclic) bond motifs is 1. The minimum Gasteiger partial charge on any atom is -0.497 e. The van der Waals surface area contributed by atoms with Crippen LogP contribution in [-0.4, -0.2) is 40.7 Å². The number of thiophene rings is 1. The highest BCUT2D eigenvalue weighted by molar-refractivity contribution is 7.13. The van der Waals surface area contributed by atoms with Gasteiger partial charge < -0.3 is 15.0 Å². The maximum atomic E-state index is 12.7. The number of rotatable bonds is 6. The van der Waals surface area contributed by atoms with Gasteiger partial charge in [0, 0.05) is 37.9 Å². The number of amides is 1. The molecule has 1 N–H and O–H groups in total. The van der Waals surface area contributed by atoms with Crippen molar-refractivity contribution < 1.29 is 9.53 Å². The van der Waals surface area contributed by atoms with Crippen LogP contribution in [0, 0.1) is 5.92 Å². The fourth-order valence-electron chi connectivity index (χ4n) is 4.17. The molecular formula is C24H25N5O2S. The molecular weight excluding hydrogens is 422 g/mol. The van der Waals surface area contributed by atoms with Gasteiger partial charge in [-0.25, -0.2) is 9.50 Å². The highest BCUT2D eigenvalue weighted by atomic mass is 32.1. The first-order valence-electron chi connectivity index (χ1n) is 10.7. The zero-order valence-electron chi connectivity index (χ0n) is 17.9. The van der Waals surface area contributed by atoms with E-state index in [4.69, 9.17) is 9.84 Å². The molecule has 1 aliphatic heterocycles. The third-order valence-corrected chi connectivity index (χ3v) is 6.80. The van der Waals surface area contributed by atoms with Crippen LogP contribution in [0.25, 0.3) is 16.1 Å². The van der Waals surface area contributed by atoms with Gasteiger partial charge in [-0.05, 0) is 48.1 Å². The summed E-state index contributed by atoms with van der Waals surface area (Å²) in [6.45, 7) is 2.10. The molecule has 0 bridgehead atoms. The van der Waals surface area contributed by atoms with Gasteiger partial charge in [-0.15, -0.1) is 11.3 Å². The topological polar surface area (TPSA) is 71.8 Å². The first-order chi connectivity index (χ1) is 15.7. The summed E-state index contributed by atoms with van der Waals surface area (Å²) in [6, 6.07) is 14.0. The van der Waals surface area contributed by atoms with Crippen molar-refractivity contribution in [2.24, 2.45) is 5.92 Å². The van der Waals surface area contributed by atoms with E-state index in [0.29, 0.717) is 6.54 Å². The number of nitrogens with zero attached hydrogens (tertiary/aromatic N) is 4. The molecule has 8 heteroatoms. The molecule has 0 atom stereocenters. The third-order valence-electron chi connectivity index (χ3n) is 5.91. The molecule has 7 nitrogen and oxygen atoms in total. The van der Waals surface area contributed by atoms with E-state index in [0.717, 1.165) is 59.1 Å². The second-order valence-electron chi connectivity index (χ2n) is 7.92. The summed E-state index contributed by atoms with van der Waals surface area (Å²) in [5.74, 6) is 1.86. The summed E-state index contributed by atoms with van der Waals surface area (Å²) in [6.07, 6.45) is 5.28. The Morgan fingerprint density at radius 1 is 1.22 bits per heavy atom. The smallest absolute Gasteiger partial charge is 0.223 e. The van der Waals surface area contributed by atoms with E-state index in [9.17, 15) is 4.79 Å². The number of anilines is 1. The Balaban J connectivity index is 1.22. The van der Waals surface area contributed by atoms with Crippen LogP contribution in [0.3, 0.4) is 0 Å². The number of hydrogen-bond acceptors (Lipinski definition) is 6. The molecule has 4 heterocycles. The van der Waals surface area contributed by atoms with E-state index >= 15 is 0 Å². The molecule has 1 fully saturated rings. The number of hydrogen-bond donors (Lipinski definition) is 1. The number of nitrogens with one attached hydrogen (secondary N) is 1. The van der Waals surface area contributed by atoms with E-state index in [-0.39, 0.29) is 11.8 Å². The summed E-state index contributed by atoms with van der Waals surface area (Å²) < 4.78 is 7.15. The molecule has 5 rings (SSSR count). The zero-order chi connectivity index (χ0) is 21.9. The molecule has 32 heavy (non-hydrogen) atoms. The van der Waals surface area contributed by atoms with Gasteiger partial charge in [0.05, 0.1) is 12.0 Å². The van der Waals surface area contributed by atoms with Crippen LogP contribution in [0.5, 0.6) is 5.75 Å². The number of benzene rings is 1. The highest BCUT2D eigenvalue weighted by Crippen LogP contribution is 2.30. The summed E-state index contributed by atoms with van der Waals surface area (Å²) in [5.41, 5.74) is 2.99. The van der Waals surface area contributed by atoms with Gasteiger partial charge in [0.25, 0.3) is 0 Å². The second kappa shape index (κ2) is 9.00. The quantitative estimate of drug-likeness (QED) is 0.484. The minimum absolute atomic E-state index is 0.0168. The number of aromatic nitrogens is 3. The molecule has 3 aromatic heterocycles. The molecule has 164 valence electrons. The lowest BCUT2D eigenvalue weighted by Gasteiger charge is -2.32. The maximum Gasteiger partial charge on any atom is 0.223 e. The van der Waals surface area contributed by atoms with E-state index in [2.05, 4.69) is 32.7 Å². The third kappa shape index (κ3) is 4.18. The van der Waals surface area contributed by atoms with Crippen LogP contribution in [0.2, 0.25) is 0 Å². The van der Waals surface area contributed by atoms with Crippen molar-refractivity contribution in [1.29, 1.82) is 0 Å². The summed E-state index contributed by atoms with van der Waals surface area (Å²) >= 11 is 1.68. The molecule has 1 amide bonds. The average molecular weight is 448 g/mol. The lowest BCUT2D eigenvalue weighted by molar-refractivity contribution is -0.125. The van der Waals surface area contributed by atoms with Crippen LogP contribution < -0.4 is 15.0 Å². The first-order valence-corrected chi connectivity index (χ1v) is 11.6. The van der Waals surface area contributed by atoms with Gasteiger partial charge >= 0.3 is 0 Å². The summed E-state index contributed by atoms with van der Waals surface area (Å²) in [5, 5.41) is 9.85. The van der Waals surface area contributed by atoms with E-state index in [1.54, 1.807) is 24.6 Å². The van der Waals surface area contributed by atoms with Gasteiger partial charge in [0.2, 0.25) is 5.91 Å². The predicted molar refractivity (Wildman–Crippen MR) is 126 cm³/mol. The molecule has 0 aliphatic carbocycles. The summed E-state index contributed by atoms with van der Waals surface area (Å²) in [7, 11) is 1.65. The van der Waals surface area contributed by atoms with Gasteiger partial charge in [-0.1, -0.05) is 18.2 Å². The molecule has 1 aliphatic rings. The number of piperidine rings is 1. The zero-order valence-corrected chi connectivity index (χ0v) is 18.7. The van der Waals surface area contributed by atoms with E-state index in [1.165, 1.54) is 0 Å². The fraction of sp³-hybridized carbons (Fsp3) is 0.292. The van der Waals surface area contributed by atoms with Crippen molar-refractivity contribution in [3.8, 4) is 16.3 Å². The summed E-state index contributed by atoms with van der Waals surface area (Å²) in [4.78, 5) is 20.8. The van der Waals surface area contributed by atoms with Crippen molar-refractivity contribution in [2.75, 3.05) is 25.1 Å². The number of methoxy groups -OCH3 is 1. The van der Waals surface area contributed by atoms with Crippen LogP contribution in [-0.2, 0) is 11.3 Å². The van der Waals surface area contributed by atoms with Crippen molar-refractivity contribution in [2.45, 2.75) is 19.4 Å². The normalized spacial score (nSPS) is 14.6. The SMILES string of the molecule is COc1cccc(CNC(=O)C2CCN(c3nccn4nc(-c5cccs5)cc34)CC2)c1. The van der Waals surface area contributed by atoms with Crippen molar-refractivity contribution in [1.82, 2.24) is 19.9 Å². The van der Waals surface area contributed by atoms with Gasteiger partial charge in [0.15, 0.2) is 5.82 Å². The Labute approximate surface area is 190 Å². The molecule has 4 aromatic rings. The average Bonchev–Trinajstić information content (AvgIpc) is 3.52. The molecule has 1 aromatic carbocycles. The Morgan fingerprint density at radius 2 is 2.09 bits per heavy atom. The van der Waals surface area contributed by atoms with Gasteiger partial charge in [-0.3, -0.25) is 4.79 Å². The predicted octanol–water partition coefficient (Wildman–Crippen LogP) is 4.00. The lowest BCUT2D eigenvalue weighted by Crippen LogP contribution is -2.40. The monoisotopic (exact) mass is 447 g/mol. The maximum absolute atomic E-state index is 12.7. The van der Waals surface area contributed by atoms with Crippen LogP contribution in [0.1, 0.15) is 18.4 Å². The minimum atomic E-state index is 0.0168. The fourth-order valence-corrected chi connectivity index (χ4v) is 4.85. The van der Waals surface area contributed by atoms with Gasteiger partial charge in [-0.2, -0.15) is 5.10 Å².